The molecule has 0 saturated carbocycles. The lowest BCUT2D eigenvalue weighted by molar-refractivity contribution is -0.112. The standard InChI is InChI=1S/C20H18F2N2O4/c1-3-27-16-9-5-4-8-15(16)24-19(25)14(12-23)11-13-7-6-10-17(26-2)18(13)28-20(21)22/h4-11,20H,3H2,1-2H3,(H,24,25)/b14-11+. The number of hydrogen-bond donors (Lipinski definition) is 1. The molecule has 0 aliphatic carbocycles. The average molecular weight is 388 g/mol. The molecule has 8 heteroatoms. The average Bonchev–Trinajstić information content (AvgIpc) is 2.68. The fourth-order valence-corrected chi connectivity index (χ4v) is 2.37. The minimum Gasteiger partial charge on any atom is -0.493 e. The molecule has 0 aliphatic rings. The minimum atomic E-state index is -3.10. The largest absolute Gasteiger partial charge is 0.493 e. The summed E-state index contributed by atoms with van der Waals surface area (Å²) in [6.07, 6.45) is 1.15. The Labute approximate surface area is 160 Å². The van der Waals surface area contributed by atoms with Crippen molar-refractivity contribution in [3.8, 4) is 23.3 Å². The lowest BCUT2D eigenvalue weighted by Gasteiger charge is -2.13. The molecule has 0 fully saturated rings. The quantitative estimate of drug-likeness (QED) is 0.540. The molecule has 0 atom stereocenters. The number of halogens is 2. The van der Waals surface area contributed by atoms with E-state index in [9.17, 15) is 18.8 Å². The maximum Gasteiger partial charge on any atom is 0.387 e. The van der Waals surface area contributed by atoms with Crippen molar-refractivity contribution in [1.82, 2.24) is 0 Å². The van der Waals surface area contributed by atoms with Crippen LogP contribution in [0.2, 0.25) is 0 Å². The summed E-state index contributed by atoms with van der Waals surface area (Å²) in [5.74, 6) is -0.497. The van der Waals surface area contributed by atoms with Crippen molar-refractivity contribution in [1.29, 1.82) is 5.26 Å². The highest BCUT2D eigenvalue weighted by molar-refractivity contribution is 6.10. The van der Waals surface area contributed by atoms with Crippen LogP contribution in [0.5, 0.6) is 17.2 Å². The van der Waals surface area contributed by atoms with Crippen LogP contribution >= 0.6 is 0 Å². The number of nitrogens with zero attached hydrogens (tertiary/aromatic N) is 1. The SMILES string of the molecule is CCOc1ccccc1NC(=O)/C(C#N)=C/c1cccc(OC)c1OC(F)F. The van der Waals surface area contributed by atoms with Crippen molar-refractivity contribution in [2.45, 2.75) is 13.5 Å². The van der Waals surface area contributed by atoms with Crippen molar-refractivity contribution in [3.63, 3.8) is 0 Å². The number of rotatable bonds is 8. The highest BCUT2D eigenvalue weighted by Crippen LogP contribution is 2.34. The van der Waals surface area contributed by atoms with Gasteiger partial charge in [0.1, 0.15) is 17.4 Å². The predicted octanol–water partition coefficient (Wildman–Crippen LogP) is 4.24. The Bertz CT molecular complexity index is 907. The number of nitriles is 1. The van der Waals surface area contributed by atoms with Crippen molar-refractivity contribution in [2.24, 2.45) is 0 Å². The van der Waals surface area contributed by atoms with E-state index in [1.54, 1.807) is 37.3 Å². The zero-order chi connectivity index (χ0) is 20.5. The van der Waals surface area contributed by atoms with Gasteiger partial charge in [0.05, 0.1) is 19.4 Å². The zero-order valence-corrected chi connectivity index (χ0v) is 15.2. The molecule has 0 saturated heterocycles. The van der Waals surface area contributed by atoms with Crippen molar-refractivity contribution >= 4 is 17.7 Å². The van der Waals surface area contributed by atoms with E-state index in [1.807, 2.05) is 0 Å². The highest BCUT2D eigenvalue weighted by atomic mass is 19.3. The van der Waals surface area contributed by atoms with Crippen molar-refractivity contribution in [3.05, 3.63) is 53.6 Å². The maximum atomic E-state index is 12.7. The van der Waals surface area contributed by atoms with E-state index in [0.29, 0.717) is 18.0 Å². The third kappa shape index (κ3) is 5.20. The summed E-state index contributed by atoms with van der Waals surface area (Å²) in [5, 5.41) is 12.0. The third-order valence-corrected chi connectivity index (χ3v) is 3.54. The Morgan fingerprint density at radius 3 is 2.57 bits per heavy atom. The van der Waals surface area contributed by atoms with Gasteiger partial charge >= 0.3 is 6.61 Å². The Morgan fingerprint density at radius 1 is 1.21 bits per heavy atom. The molecule has 0 unspecified atom stereocenters. The van der Waals surface area contributed by atoms with Crippen LogP contribution in [-0.2, 0) is 4.79 Å². The normalized spacial score (nSPS) is 10.9. The van der Waals surface area contributed by atoms with Gasteiger partial charge in [-0.1, -0.05) is 24.3 Å². The molecule has 2 aromatic rings. The summed E-state index contributed by atoms with van der Waals surface area (Å²) in [6, 6.07) is 12.9. The van der Waals surface area contributed by atoms with E-state index in [1.165, 1.54) is 25.3 Å². The fraction of sp³-hybridized carbons (Fsp3) is 0.200. The Balaban J connectivity index is 2.37. The maximum absolute atomic E-state index is 12.7. The highest BCUT2D eigenvalue weighted by Gasteiger charge is 2.17. The Kier molecular flexibility index (Phi) is 7.34. The first kappa shape index (κ1) is 20.7. The number of carbonyl (C=O) groups is 1. The number of benzene rings is 2. The van der Waals surface area contributed by atoms with E-state index in [0.717, 1.165) is 6.08 Å². The van der Waals surface area contributed by atoms with Crippen LogP contribution in [0.1, 0.15) is 12.5 Å². The molecule has 6 nitrogen and oxygen atoms in total. The monoisotopic (exact) mass is 388 g/mol. The Hall–Kier alpha value is -3.60. The molecule has 0 radical (unpaired) electrons. The number of nitrogens with one attached hydrogen (secondary N) is 1. The smallest absolute Gasteiger partial charge is 0.387 e. The van der Waals surface area contributed by atoms with Gasteiger partial charge in [0.25, 0.3) is 5.91 Å². The van der Waals surface area contributed by atoms with Gasteiger partial charge in [-0.25, -0.2) is 0 Å². The van der Waals surface area contributed by atoms with Gasteiger partial charge in [-0.3, -0.25) is 4.79 Å². The molecular weight excluding hydrogens is 370 g/mol. The zero-order valence-electron chi connectivity index (χ0n) is 15.2. The van der Waals surface area contributed by atoms with Crippen LogP contribution in [0.4, 0.5) is 14.5 Å². The number of alkyl halides is 2. The van der Waals surface area contributed by atoms with E-state index >= 15 is 0 Å². The molecular formula is C20H18F2N2O4. The summed E-state index contributed by atoms with van der Waals surface area (Å²) in [5.41, 5.74) is 0.174. The minimum absolute atomic E-state index is 0.0495. The second-order valence-corrected chi connectivity index (χ2v) is 5.31. The van der Waals surface area contributed by atoms with E-state index in [-0.39, 0.29) is 22.6 Å². The van der Waals surface area contributed by atoms with Gasteiger partial charge in [0, 0.05) is 5.56 Å². The molecule has 0 spiro atoms. The van der Waals surface area contributed by atoms with Gasteiger partial charge in [-0.05, 0) is 31.2 Å². The summed E-state index contributed by atoms with van der Waals surface area (Å²) < 4.78 is 40.4. The number of para-hydroxylation sites is 3. The van der Waals surface area contributed by atoms with Crippen LogP contribution < -0.4 is 19.5 Å². The van der Waals surface area contributed by atoms with Crippen LogP contribution in [0, 0.1) is 11.3 Å². The van der Waals surface area contributed by atoms with E-state index < -0.39 is 12.5 Å². The molecule has 2 rings (SSSR count). The van der Waals surface area contributed by atoms with Crippen molar-refractivity contribution in [2.75, 3.05) is 19.0 Å². The summed E-state index contributed by atoms with van der Waals surface area (Å²) in [4.78, 5) is 12.5. The second-order valence-electron chi connectivity index (χ2n) is 5.31. The van der Waals surface area contributed by atoms with E-state index in [2.05, 4.69) is 10.1 Å². The topological polar surface area (TPSA) is 80.6 Å². The molecule has 0 aliphatic heterocycles. The van der Waals surface area contributed by atoms with Crippen LogP contribution in [0.25, 0.3) is 6.08 Å². The summed E-state index contributed by atoms with van der Waals surface area (Å²) in [6.45, 7) is -0.903. The molecule has 28 heavy (non-hydrogen) atoms. The van der Waals surface area contributed by atoms with Crippen LogP contribution in [0.15, 0.2) is 48.0 Å². The first-order valence-electron chi connectivity index (χ1n) is 8.26. The van der Waals surface area contributed by atoms with Gasteiger partial charge in [-0.2, -0.15) is 14.0 Å². The molecule has 1 amide bonds. The molecule has 0 aromatic heterocycles. The van der Waals surface area contributed by atoms with Gasteiger partial charge in [0.15, 0.2) is 11.5 Å². The Morgan fingerprint density at radius 2 is 1.93 bits per heavy atom. The molecule has 0 heterocycles. The van der Waals surface area contributed by atoms with E-state index in [4.69, 9.17) is 9.47 Å². The summed E-state index contributed by atoms with van der Waals surface area (Å²) >= 11 is 0. The lowest BCUT2D eigenvalue weighted by Crippen LogP contribution is -2.14. The predicted molar refractivity (Wildman–Crippen MR) is 99.5 cm³/mol. The third-order valence-electron chi connectivity index (χ3n) is 3.54. The lowest BCUT2D eigenvalue weighted by atomic mass is 10.1. The van der Waals surface area contributed by atoms with Gasteiger partial charge < -0.3 is 19.5 Å². The van der Waals surface area contributed by atoms with Crippen LogP contribution in [-0.4, -0.2) is 26.2 Å². The number of carbonyl (C=O) groups excluding carboxylic acids is 1. The fourth-order valence-electron chi connectivity index (χ4n) is 2.37. The number of hydrogen-bond acceptors (Lipinski definition) is 5. The second kappa shape index (κ2) is 9.92. The first-order valence-corrected chi connectivity index (χ1v) is 8.26. The molecule has 1 N–H and O–H groups in total. The first-order chi connectivity index (χ1) is 13.5. The van der Waals surface area contributed by atoms with Crippen LogP contribution in [0.3, 0.4) is 0 Å². The molecule has 146 valence electrons. The van der Waals surface area contributed by atoms with Gasteiger partial charge in [-0.15, -0.1) is 0 Å². The number of methoxy groups -OCH3 is 1. The number of ether oxygens (including phenoxy) is 3. The molecule has 2 aromatic carbocycles. The van der Waals surface area contributed by atoms with Crippen molar-refractivity contribution < 1.29 is 27.8 Å². The molecule has 0 bridgehead atoms. The number of anilines is 1. The number of amides is 1. The summed E-state index contributed by atoms with van der Waals surface area (Å²) in [7, 11) is 1.30. The van der Waals surface area contributed by atoms with Gasteiger partial charge in [0.2, 0.25) is 0 Å².